The van der Waals surface area contributed by atoms with Crippen molar-refractivity contribution in [2.45, 2.75) is 0 Å². The maximum Gasteiger partial charge on any atom is 0.270 e. The van der Waals surface area contributed by atoms with Gasteiger partial charge < -0.3 is 4.90 Å². The summed E-state index contributed by atoms with van der Waals surface area (Å²) in [6.45, 7) is 3.74. The van der Waals surface area contributed by atoms with Gasteiger partial charge in [-0.3, -0.25) is 20.2 Å². The average Bonchev–Trinajstić information content (AvgIpc) is 3.24. The zero-order chi connectivity index (χ0) is 20.2. The summed E-state index contributed by atoms with van der Waals surface area (Å²) < 4.78 is 0. The number of piperazine rings is 1. The number of rotatable bonds is 5. The molecule has 0 atom stereocenters. The molecule has 0 aliphatic carbocycles. The molecule has 2 heterocycles. The molecule has 9 heteroatoms. The van der Waals surface area contributed by atoms with Crippen LogP contribution in [0.3, 0.4) is 0 Å². The van der Waals surface area contributed by atoms with Gasteiger partial charge in [0.15, 0.2) is 0 Å². The lowest BCUT2D eigenvalue weighted by atomic mass is 10.1. The van der Waals surface area contributed by atoms with Gasteiger partial charge in [0.25, 0.3) is 5.69 Å². The van der Waals surface area contributed by atoms with Gasteiger partial charge >= 0.3 is 0 Å². The number of aromatic amines is 1. The maximum atomic E-state index is 11.0. The predicted octanol–water partition coefficient (Wildman–Crippen LogP) is 3.90. The van der Waals surface area contributed by atoms with E-state index in [1.54, 1.807) is 12.1 Å². The molecule has 9 nitrogen and oxygen atoms in total. The van der Waals surface area contributed by atoms with E-state index in [9.17, 15) is 10.1 Å². The quantitative estimate of drug-likeness (QED) is 0.404. The Hall–Kier alpha value is -3.59. The Morgan fingerprint density at radius 2 is 1.79 bits per heavy atom. The third-order valence-corrected chi connectivity index (χ3v) is 4.88. The summed E-state index contributed by atoms with van der Waals surface area (Å²) in [5.74, 6) is 0. The summed E-state index contributed by atoms with van der Waals surface area (Å²) in [7, 11) is 2.10. The Bertz CT molecular complexity index is 1020. The molecule has 2 aromatic carbocycles. The van der Waals surface area contributed by atoms with Crippen molar-refractivity contribution in [1.29, 1.82) is 0 Å². The summed E-state index contributed by atoms with van der Waals surface area (Å²) in [6, 6.07) is 16.0. The molecule has 3 aromatic rings. The molecule has 1 saturated heterocycles. The normalized spacial score (nSPS) is 15.1. The monoisotopic (exact) mass is 391 g/mol. The smallest absolute Gasteiger partial charge is 0.270 e. The minimum Gasteiger partial charge on any atom is -0.303 e. The van der Waals surface area contributed by atoms with Gasteiger partial charge in [-0.25, -0.2) is 0 Å². The number of nitro groups is 1. The standard InChI is InChI=1S/C20H21N7O2/c1-25-9-11-26(12-10-25)24-21-17-7-5-15(6-8-17)19-14-20(23-22-19)16-3-2-4-18(13-16)27(28)29/h2-8,13-14H,9-12H2,1H3,(H,22,23). The Morgan fingerprint density at radius 3 is 2.52 bits per heavy atom. The van der Waals surface area contributed by atoms with Crippen LogP contribution in [0.25, 0.3) is 22.5 Å². The summed E-state index contributed by atoms with van der Waals surface area (Å²) in [5.41, 5.74) is 3.96. The minimum absolute atomic E-state index is 0.0436. The first kappa shape index (κ1) is 18.8. The van der Waals surface area contributed by atoms with Crippen LogP contribution >= 0.6 is 0 Å². The maximum absolute atomic E-state index is 11.0. The van der Waals surface area contributed by atoms with E-state index in [1.807, 2.05) is 35.3 Å². The lowest BCUT2D eigenvalue weighted by Gasteiger charge is -2.29. The van der Waals surface area contributed by atoms with Gasteiger partial charge in [-0.1, -0.05) is 29.5 Å². The number of nitrogens with zero attached hydrogens (tertiary/aromatic N) is 6. The summed E-state index contributed by atoms with van der Waals surface area (Å²) in [6.07, 6.45) is 0. The van der Waals surface area contributed by atoms with Crippen molar-refractivity contribution in [2.24, 2.45) is 10.3 Å². The van der Waals surface area contributed by atoms with E-state index in [4.69, 9.17) is 0 Å². The van der Waals surface area contributed by atoms with E-state index in [2.05, 4.69) is 32.5 Å². The van der Waals surface area contributed by atoms with Gasteiger partial charge in [-0.15, -0.1) is 5.11 Å². The molecular weight excluding hydrogens is 370 g/mol. The topological polar surface area (TPSA) is 103 Å². The van der Waals surface area contributed by atoms with Crippen LogP contribution in [0.2, 0.25) is 0 Å². The van der Waals surface area contributed by atoms with Crippen molar-refractivity contribution >= 4 is 11.4 Å². The van der Waals surface area contributed by atoms with Gasteiger partial charge in [-0.2, -0.15) is 5.10 Å². The van der Waals surface area contributed by atoms with Crippen molar-refractivity contribution in [2.75, 3.05) is 33.2 Å². The van der Waals surface area contributed by atoms with Crippen LogP contribution in [0.5, 0.6) is 0 Å². The van der Waals surface area contributed by atoms with E-state index in [-0.39, 0.29) is 5.69 Å². The van der Waals surface area contributed by atoms with Gasteiger partial charge in [-0.05, 0) is 30.8 Å². The van der Waals surface area contributed by atoms with Crippen molar-refractivity contribution < 1.29 is 4.92 Å². The fourth-order valence-electron chi connectivity index (χ4n) is 3.10. The third-order valence-electron chi connectivity index (χ3n) is 4.88. The minimum atomic E-state index is -0.410. The number of hydrogen-bond donors (Lipinski definition) is 1. The van der Waals surface area contributed by atoms with Crippen LogP contribution in [-0.4, -0.2) is 58.3 Å². The molecule has 1 fully saturated rings. The first-order valence-corrected chi connectivity index (χ1v) is 9.34. The van der Waals surface area contributed by atoms with Crippen molar-refractivity contribution in [3.63, 3.8) is 0 Å². The molecule has 1 aliphatic rings. The molecule has 0 bridgehead atoms. The highest BCUT2D eigenvalue weighted by Crippen LogP contribution is 2.27. The van der Waals surface area contributed by atoms with E-state index in [1.165, 1.54) is 12.1 Å². The average molecular weight is 391 g/mol. The van der Waals surface area contributed by atoms with E-state index >= 15 is 0 Å². The third kappa shape index (κ3) is 4.46. The molecule has 0 radical (unpaired) electrons. The van der Waals surface area contributed by atoms with Crippen LogP contribution < -0.4 is 0 Å². The molecule has 0 amide bonds. The number of benzene rings is 2. The van der Waals surface area contributed by atoms with Crippen LogP contribution in [-0.2, 0) is 0 Å². The van der Waals surface area contributed by atoms with Crippen LogP contribution in [0, 0.1) is 10.1 Å². The molecule has 29 heavy (non-hydrogen) atoms. The SMILES string of the molecule is CN1CCN(N=Nc2ccc(-c3cc(-c4cccc([N+](=O)[O-])c4)n[nH]3)cc2)CC1. The first-order valence-electron chi connectivity index (χ1n) is 9.34. The molecule has 0 unspecified atom stereocenters. The lowest BCUT2D eigenvalue weighted by molar-refractivity contribution is -0.384. The summed E-state index contributed by atoms with van der Waals surface area (Å²) in [4.78, 5) is 12.8. The zero-order valence-electron chi connectivity index (χ0n) is 16.0. The molecule has 0 spiro atoms. The van der Waals surface area contributed by atoms with E-state index < -0.39 is 4.92 Å². The summed E-state index contributed by atoms with van der Waals surface area (Å²) in [5, 5.41) is 28.9. The highest BCUT2D eigenvalue weighted by molar-refractivity contribution is 5.70. The number of hydrogen-bond acceptors (Lipinski definition) is 6. The molecule has 1 aromatic heterocycles. The second kappa shape index (κ2) is 8.19. The lowest BCUT2D eigenvalue weighted by Crippen LogP contribution is -2.41. The Kier molecular flexibility index (Phi) is 5.30. The fourth-order valence-corrected chi connectivity index (χ4v) is 3.10. The summed E-state index contributed by atoms with van der Waals surface area (Å²) >= 11 is 0. The van der Waals surface area contributed by atoms with Crippen molar-refractivity contribution in [3.8, 4) is 22.5 Å². The molecule has 0 saturated carbocycles. The number of nitro benzene ring substituents is 1. The Balaban J connectivity index is 1.46. The number of aromatic nitrogens is 2. The predicted molar refractivity (Wildman–Crippen MR) is 110 cm³/mol. The molecule has 148 valence electrons. The van der Waals surface area contributed by atoms with Gasteiger partial charge in [0.05, 0.1) is 35.1 Å². The first-order chi connectivity index (χ1) is 14.1. The number of nitrogens with one attached hydrogen (secondary N) is 1. The number of non-ortho nitro benzene ring substituents is 1. The van der Waals surface area contributed by atoms with Crippen molar-refractivity contribution in [3.05, 3.63) is 64.7 Å². The number of likely N-dealkylation sites (N-methyl/N-ethyl adjacent to an activating group) is 1. The Labute approximate surface area is 167 Å². The second-order valence-corrected chi connectivity index (χ2v) is 6.97. The highest BCUT2D eigenvalue weighted by atomic mass is 16.6. The molecule has 1 aliphatic heterocycles. The van der Waals surface area contributed by atoms with Gasteiger partial charge in [0.2, 0.25) is 0 Å². The zero-order valence-corrected chi connectivity index (χ0v) is 16.0. The molecule has 1 N–H and O–H groups in total. The van der Waals surface area contributed by atoms with Crippen molar-refractivity contribution in [1.82, 2.24) is 20.1 Å². The van der Waals surface area contributed by atoms with Gasteiger partial charge in [0.1, 0.15) is 0 Å². The fraction of sp³-hybridized carbons (Fsp3) is 0.250. The Morgan fingerprint density at radius 1 is 1.03 bits per heavy atom. The van der Waals surface area contributed by atoms with Gasteiger partial charge in [0, 0.05) is 30.8 Å². The van der Waals surface area contributed by atoms with Crippen LogP contribution in [0.15, 0.2) is 64.9 Å². The molecule has 4 rings (SSSR count). The van der Waals surface area contributed by atoms with Crippen LogP contribution in [0.4, 0.5) is 11.4 Å². The van der Waals surface area contributed by atoms with Crippen LogP contribution in [0.1, 0.15) is 0 Å². The van der Waals surface area contributed by atoms with E-state index in [0.29, 0.717) is 11.3 Å². The second-order valence-electron chi connectivity index (χ2n) is 6.97. The number of H-pyrrole nitrogens is 1. The molecular formula is C20H21N7O2. The van der Waals surface area contributed by atoms with E-state index in [0.717, 1.165) is 43.1 Å². The largest absolute Gasteiger partial charge is 0.303 e. The highest BCUT2D eigenvalue weighted by Gasteiger charge is 2.12.